The summed E-state index contributed by atoms with van der Waals surface area (Å²) in [6.07, 6.45) is 1.26. The molecule has 3 aromatic carbocycles. The maximum absolute atomic E-state index is 13.4. The molecule has 0 fully saturated rings. The smallest absolute Gasteiger partial charge is 0.163 e. The van der Waals surface area contributed by atoms with Crippen molar-refractivity contribution in [2.75, 3.05) is 7.11 Å². The fourth-order valence-corrected chi connectivity index (χ4v) is 4.52. The lowest BCUT2D eigenvalue weighted by atomic mass is 9.73. The van der Waals surface area contributed by atoms with E-state index in [1.165, 1.54) is 5.56 Å². The molecule has 0 saturated carbocycles. The molecule has 1 aliphatic carbocycles. The van der Waals surface area contributed by atoms with Gasteiger partial charge < -0.3 is 9.47 Å². The molecule has 1 aliphatic heterocycles. The van der Waals surface area contributed by atoms with Crippen molar-refractivity contribution in [2.45, 2.75) is 24.7 Å². The lowest BCUT2D eigenvalue weighted by Crippen LogP contribution is -2.28. The van der Waals surface area contributed by atoms with Gasteiger partial charge in [0, 0.05) is 29.9 Å². The summed E-state index contributed by atoms with van der Waals surface area (Å²) in [5.41, 5.74) is 4.13. The van der Waals surface area contributed by atoms with E-state index in [-0.39, 0.29) is 17.6 Å². The number of methoxy groups -OCH3 is 1. The zero-order valence-corrected chi connectivity index (χ0v) is 16.3. The van der Waals surface area contributed by atoms with E-state index in [0.29, 0.717) is 6.42 Å². The Kier molecular flexibility index (Phi) is 4.44. The molecule has 3 aromatic rings. The van der Waals surface area contributed by atoms with Crippen LogP contribution < -0.4 is 9.47 Å². The Hall–Kier alpha value is -3.33. The highest BCUT2D eigenvalue weighted by Gasteiger charge is 2.39. The molecule has 3 nitrogen and oxygen atoms in total. The minimum Gasteiger partial charge on any atom is -0.497 e. The third-order valence-electron chi connectivity index (χ3n) is 5.94. The molecule has 1 heterocycles. The number of ketones is 1. The Balaban J connectivity index is 1.61. The van der Waals surface area contributed by atoms with Gasteiger partial charge in [-0.1, -0.05) is 60.7 Å². The number of hydrogen-bond acceptors (Lipinski definition) is 3. The second-order valence-corrected chi connectivity index (χ2v) is 7.62. The van der Waals surface area contributed by atoms with Crippen LogP contribution >= 0.6 is 0 Å². The van der Waals surface area contributed by atoms with Crippen molar-refractivity contribution in [1.29, 1.82) is 0 Å². The molecule has 0 bridgehead atoms. The standard InChI is InChI=1S/C26H22O3/c1-28-20-13-11-18(12-14-20)25-21-9-5-6-10-23(21)29-24-16-19(15-22(27)26(24)25)17-7-3-2-4-8-17/h2-14,19,25H,15-16H2,1H3/t19-,25-/m1/s1. The molecule has 3 heteroatoms. The first-order chi connectivity index (χ1) is 14.2. The predicted octanol–water partition coefficient (Wildman–Crippen LogP) is 5.62. The van der Waals surface area contributed by atoms with Crippen molar-refractivity contribution < 1.29 is 14.3 Å². The Morgan fingerprint density at radius 2 is 1.55 bits per heavy atom. The van der Waals surface area contributed by atoms with Gasteiger partial charge in [-0.05, 0) is 35.2 Å². The summed E-state index contributed by atoms with van der Waals surface area (Å²) in [6, 6.07) is 26.3. The van der Waals surface area contributed by atoms with Crippen LogP contribution in [0.1, 0.15) is 41.4 Å². The van der Waals surface area contributed by atoms with E-state index < -0.39 is 0 Å². The van der Waals surface area contributed by atoms with Crippen LogP contribution in [0, 0.1) is 0 Å². The highest BCUT2D eigenvalue weighted by Crippen LogP contribution is 2.49. The third-order valence-corrected chi connectivity index (χ3v) is 5.94. The van der Waals surface area contributed by atoms with Crippen LogP contribution in [0.3, 0.4) is 0 Å². The van der Waals surface area contributed by atoms with Crippen LogP contribution in [0.4, 0.5) is 0 Å². The van der Waals surface area contributed by atoms with Gasteiger partial charge in [-0.15, -0.1) is 0 Å². The molecule has 0 amide bonds. The van der Waals surface area contributed by atoms with Crippen molar-refractivity contribution >= 4 is 5.78 Å². The van der Waals surface area contributed by atoms with Gasteiger partial charge in [0.05, 0.1) is 7.11 Å². The van der Waals surface area contributed by atoms with Gasteiger partial charge in [-0.25, -0.2) is 0 Å². The number of rotatable bonds is 3. The molecule has 0 N–H and O–H groups in total. The van der Waals surface area contributed by atoms with Crippen molar-refractivity contribution in [1.82, 2.24) is 0 Å². The average molecular weight is 382 g/mol. The molecule has 29 heavy (non-hydrogen) atoms. The van der Waals surface area contributed by atoms with Crippen LogP contribution in [0.25, 0.3) is 0 Å². The van der Waals surface area contributed by atoms with E-state index in [9.17, 15) is 4.79 Å². The molecule has 0 aromatic heterocycles. The van der Waals surface area contributed by atoms with Crippen molar-refractivity contribution in [3.05, 3.63) is 107 Å². The van der Waals surface area contributed by atoms with E-state index in [0.717, 1.165) is 40.4 Å². The largest absolute Gasteiger partial charge is 0.497 e. The van der Waals surface area contributed by atoms with Crippen molar-refractivity contribution in [3.8, 4) is 11.5 Å². The van der Waals surface area contributed by atoms with Gasteiger partial charge in [-0.3, -0.25) is 4.79 Å². The second kappa shape index (κ2) is 7.25. The van der Waals surface area contributed by atoms with Gasteiger partial charge in [0.1, 0.15) is 17.3 Å². The molecule has 5 rings (SSSR count). The van der Waals surface area contributed by atoms with Crippen LogP contribution in [0.15, 0.2) is 90.2 Å². The van der Waals surface area contributed by atoms with E-state index in [1.54, 1.807) is 7.11 Å². The fourth-order valence-electron chi connectivity index (χ4n) is 4.52. The monoisotopic (exact) mass is 382 g/mol. The summed E-state index contributed by atoms with van der Waals surface area (Å²) in [6.45, 7) is 0. The molecule has 2 aliphatic rings. The minimum atomic E-state index is -0.106. The van der Waals surface area contributed by atoms with Gasteiger partial charge in [0.2, 0.25) is 0 Å². The zero-order valence-electron chi connectivity index (χ0n) is 16.3. The molecule has 0 unspecified atom stereocenters. The van der Waals surface area contributed by atoms with Gasteiger partial charge in [0.25, 0.3) is 0 Å². The normalized spacial score (nSPS) is 20.5. The Bertz CT molecular complexity index is 1080. The molecule has 0 spiro atoms. The molecule has 0 saturated heterocycles. The molecule has 0 radical (unpaired) electrons. The van der Waals surface area contributed by atoms with Gasteiger partial charge in [0.15, 0.2) is 5.78 Å². The highest BCUT2D eigenvalue weighted by molar-refractivity contribution is 6.00. The summed E-state index contributed by atoms with van der Waals surface area (Å²) in [4.78, 5) is 13.4. The summed E-state index contributed by atoms with van der Waals surface area (Å²) in [5.74, 6) is 2.69. The number of benzene rings is 3. The average Bonchev–Trinajstić information content (AvgIpc) is 2.78. The first-order valence-electron chi connectivity index (χ1n) is 9.96. The van der Waals surface area contributed by atoms with E-state index in [4.69, 9.17) is 9.47 Å². The lowest BCUT2D eigenvalue weighted by molar-refractivity contribution is -0.117. The Morgan fingerprint density at radius 1 is 0.828 bits per heavy atom. The summed E-state index contributed by atoms with van der Waals surface area (Å²) < 4.78 is 11.6. The molecular formula is C26H22O3. The van der Waals surface area contributed by atoms with E-state index in [2.05, 4.69) is 18.2 Å². The maximum Gasteiger partial charge on any atom is 0.163 e. The second-order valence-electron chi connectivity index (χ2n) is 7.62. The number of allylic oxidation sites excluding steroid dienone is 2. The van der Waals surface area contributed by atoms with Crippen LogP contribution in [-0.4, -0.2) is 12.9 Å². The van der Waals surface area contributed by atoms with E-state index >= 15 is 0 Å². The zero-order chi connectivity index (χ0) is 19.8. The van der Waals surface area contributed by atoms with Crippen molar-refractivity contribution in [3.63, 3.8) is 0 Å². The number of fused-ring (bicyclic) bond motifs is 1. The summed E-state index contributed by atoms with van der Waals surface area (Å²) in [5, 5.41) is 0. The van der Waals surface area contributed by atoms with Gasteiger partial charge in [-0.2, -0.15) is 0 Å². The van der Waals surface area contributed by atoms with E-state index in [1.807, 2.05) is 60.7 Å². The molecule has 144 valence electrons. The topological polar surface area (TPSA) is 35.5 Å². The SMILES string of the molecule is COc1ccc([C@H]2C3=C(C[C@H](c4ccccc4)CC3=O)Oc3ccccc32)cc1. The van der Waals surface area contributed by atoms with Crippen LogP contribution in [-0.2, 0) is 4.79 Å². The van der Waals surface area contributed by atoms with Crippen LogP contribution in [0.5, 0.6) is 11.5 Å². The quantitative estimate of drug-likeness (QED) is 0.590. The number of carbonyl (C=O) groups excluding carboxylic acids is 1. The first kappa shape index (κ1) is 17.7. The summed E-state index contributed by atoms with van der Waals surface area (Å²) in [7, 11) is 1.66. The number of ether oxygens (including phenoxy) is 2. The minimum absolute atomic E-state index is 0.106. The summed E-state index contributed by atoms with van der Waals surface area (Å²) >= 11 is 0. The Morgan fingerprint density at radius 3 is 2.31 bits per heavy atom. The molecular weight excluding hydrogens is 360 g/mol. The maximum atomic E-state index is 13.4. The first-order valence-corrected chi connectivity index (χ1v) is 9.96. The third kappa shape index (κ3) is 3.13. The number of Topliss-reactive ketones (excluding diaryl/α,β-unsaturated/α-hetero) is 1. The Labute approximate surface area is 170 Å². The van der Waals surface area contributed by atoms with Gasteiger partial charge >= 0.3 is 0 Å². The number of para-hydroxylation sites is 1. The fraction of sp³-hybridized carbons (Fsp3) is 0.192. The predicted molar refractivity (Wildman–Crippen MR) is 112 cm³/mol. The number of hydrogen-bond donors (Lipinski definition) is 0. The lowest BCUT2D eigenvalue weighted by Gasteiger charge is -2.35. The highest BCUT2D eigenvalue weighted by atomic mass is 16.5. The number of carbonyl (C=O) groups is 1. The van der Waals surface area contributed by atoms with Crippen molar-refractivity contribution in [2.24, 2.45) is 0 Å². The van der Waals surface area contributed by atoms with Crippen LogP contribution in [0.2, 0.25) is 0 Å². The molecule has 2 atom stereocenters.